The molecule has 0 aliphatic heterocycles. The van der Waals surface area contributed by atoms with E-state index in [9.17, 15) is 0 Å². The summed E-state index contributed by atoms with van der Waals surface area (Å²) in [4.78, 5) is 4.20. The van der Waals surface area contributed by atoms with Gasteiger partial charge in [0.1, 0.15) is 0 Å². The predicted octanol–water partition coefficient (Wildman–Crippen LogP) is 1.55. The fourth-order valence-corrected chi connectivity index (χ4v) is 1.42. The average molecular weight is 197 g/mol. The van der Waals surface area contributed by atoms with Gasteiger partial charge in [-0.2, -0.15) is 4.98 Å². The van der Waals surface area contributed by atoms with Crippen molar-refractivity contribution in [1.82, 2.24) is 15.5 Å². The molecule has 1 aromatic heterocycles. The van der Waals surface area contributed by atoms with Crippen LogP contribution in [-0.4, -0.2) is 22.7 Å². The SMILES string of the molecule is CCNC(Cc1nc(C)no1)C(C)C. The van der Waals surface area contributed by atoms with Gasteiger partial charge in [-0.3, -0.25) is 0 Å². The van der Waals surface area contributed by atoms with Crippen molar-refractivity contribution in [3.8, 4) is 0 Å². The van der Waals surface area contributed by atoms with Crippen LogP contribution in [0.25, 0.3) is 0 Å². The van der Waals surface area contributed by atoms with E-state index in [2.05, 4.69) is 36.2 Å². The van der Waals surface area contributed by atoms with Crippen LogP contribution >= 0.6 is 0 Å². The fraction of sp³-hybridized carbons (Fsp3) is 0.800. The van der Waals surface area contributed by atoms with Crippen LogP contribution in [-0.2, 0) is 6.42 Å². The maximum absolute atomic E-state index is 5.09. The van der Waals surface area contributed by atoms with Gasteiger partial charge in [0.15, 0.2) is 5.82 Å². The number of rotatable bonds is 5. The highest BCUT2D eigenvalue weighted by atomic mass is 16.5. The van der Waals surface area contributed by atoms with Gasteiger partial charge in [-0.15, -0.1) is 0 Å². The van der Waals surface area contributed by atoms with Crippen molar-refractivity contribution >= 4 is 0 Å². The summed E-state index contributed by atoms with van der Waals surface area (Å²) in [5.74, 6) is 2.00. The molecule has 0 saturated carbocycles. The second-order valence-electron chi connectivity index (χ2n) is 3.85. The van der Waals surface area contributed by atoms with Crippen LogP contribution in [0, 0.1) is 12.8 Å². The molecule has 0 aliphatic carbocycles. The Kier molecular flexibility index (Phi) is 4.07. The Morgan fingerprint density at radius 1 is 1.43 bits per heavy atom. The standard InChI is InChI=1S/C10H19N3O/c1-5-11-9(7(2)3)6-10-12-8(4)13-14-10/h7,9,11H,5-6H2,1-4H3. The topological polar surface area (TPSA) is 51.0 Å². The van der Waals surface area contributed by atoms with Gasteiger partial charge < -0.3 is 9.84 Å². The zero-order chi connectivity index (χ0) is 10.6. The lowest BCUT2D eigenvalue weighted by molar-refractivity contribution is 0.327. The number of aromatic nitrogens is 2. The molecule has 0 bridgehead atoms. The Morgan fingerprint density at radius 2 is 2.14 bits per heavy atom. The lowest BCUT2D eigenvalue weighted by Gasteiger charge is -2.19. The molecule has 0 radical (unpaired) electrons. The summed E-state index contributed by atoms with van der Waals surface area (Å²) in [5, 5.41) is 7.19. The first-order chi connectivity index (χ1) is 6.63. The summed E-state index contributed by atoms with van der Waals surface area (Å²) in [5.41, 5.74) is 0. The minimum Gasteiger partial charge on any atom is -0.339 e. The van der Waals surface area contributed by atoms with Crippen LogP contribution in [0.15, 0.2) is 4.52 Å². The normalized spacial score (nSPS) is 13.5. The van der Waals surface area contributed by atoms with Gasteiger partial charge in [-0.25, -0.2) is 0 Å². The van der Waals surface area contributed by atoms with Crippen LogP contribution in [0.3, 0.4) is 0 Å². The molecule has 0 spiro atoms. The Labute approximate surface area is 85.1 Å². The van der Waals surface area contributed by atoms with Crippen molar-refractivity contribution < 1.29 is 4.52 Å². The summed E-state index contributed by atoms with van der Waals surface area (Å²) >= 11 is 0. The zero-order valence-corrected chi connectivity index (χ0v) is 9.37. The minimum atomic E-state index is 0.417. The quantitative estimate of drug-likeness (QED) is 0.778. The number of hydrogen-bond donors (Lipinski definition) is 1. The summed E-state index contributed by atoms with van der Waals surface area (Å²) in [6, 6.07) is 0.417. The third-order valence-electron chi connectivity index (χ3n) is 2.24. The Bertz CT molecular complexity index is 270. The smallest absolute Gasteiger partial charge is 0.228 e. The van der Waals surface area contributed by atoms with E-state index in [-0.39, 0.29) is 0 Å². The Balaban J connectivity index is 2.55. The molecule has 1 N–H and O–H groups in total. The first-order valence-electron chi connectivity index (χ1n) is 5.16. The molecule has 80 valence electrons. The monoisotopic (exact) mass is 197 g/mol. The number of nitrogens with one attached hydrogen (secondary N) is 1. The highest BCUT2D eigenvalue weighted by Crippen LogP contribution is 2.08. The van der Waals surface area contributed by atoms with E-state index in [1.807, 2.05) is 6.92 Å². The largest absolute Gasteiger partial charge is 0.339 e. The van der Waals surface area contributed by atoms with Crippen LogP contribution in [0.4, 0.5) is 0 Å². The van der Waals surface area contributed by atoms with Crippen LogP contribution in [0.2, 0.25) is 0 Å². The molecule has 0 fully saturated rings. The molecule has 4 heteroatoms. The highest BCUT2D eigenvalue weighted by molar-refractivity contribution is 4.88. The molecule has 14 heavy (non-hydrogen) atoms. The van der Waals surface area contributed by atoms with E-state index in [4.69, 9.17) is 4.52 Å². The third-order valence-corrected chi connectivity index (χ3v) is 2.24. The van der Waals surface area contributed by atoms with Gasteiger partial charge in [-0.05, 0) is 19.4 Å². The van der Waals surface area contributed by atoms with Gasteiger partial charge in [0, 0.05) is 12.5 Å². The third kappa shape index (κ3) is 3.10. The zero-order valence-electron chi connectivity index (χ0n) is 9.37. The molecular weight excluding hydrogens is 178 g/mol. The van der Waals surface area contributed by atoms with E-state index in [0.29, 0.717) is 17.8 Å². The molecule has 4 nitrogen and oxygen atoms in total. The molecule has 0 saturated heterocycles. The lowest BCUT2D eigenvalue weighted by atomic mass is 10.0. The molecular formula is C10H19N3O. The van der Waals surface area contributed by atoms with Gasteiger partial charge in [0.2, 0.25) is 5.89 Å². The summed E-state index contributed by atoms with van der Waals surface area (Å²) in [7, 11) is 0. The molecule has 1 heterocycles. The van der Waals surface area contributed by atoms with E-state index in [1.165, 1.54) is 0 Å². The second kappa shape index (κ2) is 5.10. The van der Waals surface area contributed by atoms with Gasteiger partial charge in [0.25, 0.3) is 0 Å². The van der Waals surface area contributed by atoms with E-state index in [0.717, 1.165) is 18.9 Å². The van der Waals surface area contributed by atoms with Crippen molar-refractivity contribution in [2.24, 2.45) is 5.92 Å². The predicted molar refractivity (Wildman–Crippen MR) is 55.0 cm³/mol. The Morgan fingerprint density at radius 3 is 2.57 bits per heavy atom. The molecule has 1 aromatic rings. The van der Waals surface area contributed by atoms with E-state index in [1.54, 1.807) is 0 Å². The van der Waals surface area contributed by atoms with Crippen molar-refractivity contribution in [3.63, 3.8) is 0 Å². The number of nitrogens with zero attached hydrogens (tertiary/aromatic N) is 2. The number of aryl methyl sites for hydroxylation is 1. The van der Waals surface area contributed by atoms with Crippen molar-refractivity contribution in [2.45, 2.75) is 40.2 Å². The van der Waals surface area contributed by atoms with Crippen molar-refractivity contribution in [3.05, 3.63) is 11.7 Å². The number of hydrogen-bond acceptors (Lipinski definition) is 4. The van der Waals surface area contributed by atoms with E-state index >= 15 is 0 Å². The van der Waals surface area contributed by atoms with Gasteiger partial charge >= 0.3 is 0 Å². The molecule has 1 unspecified atom stereocenters. The highest BCUT2D eigenvalue weighted by Gasteiger charge is 2.15. The molecule has 1 atom stereocenters. The molecule has 1 rings (SSSR count). The summed E-state index contributed by atoms with van der Waals surface area (Å²) < 4.78 is 5.09. The fourth-order valence-electron chi connectivity index (χ4n) is 1.42. The Hall–Kier alpha value is -0.900. The summed E-state index contributed by atoms with van der Waals surface area (Å²) in [6.07, 6.45) is 0.812. The minimum absolute atomic E-state index is 0.417. The molecule has 0 aliphatic rings. The molecule has 0 aromatic carbocycles. The van der Waals surface area contributed by atoms with Crippen molar-refractivity contribution in [1.29, 1.82) is 0 Å². The van der Waals surface area contributed by atoms with Crippen LogP contribution < -0.4 is 5.32 Å². The average Bonchev–Trinajstić information content (AvgIpc) is 2.50. The van der Waals surface area contributed by atoms with E-state index < -0.39 is 0 Å². The molecule has 0 amide bonds. The van der Waals surface area contributed by atoms with Gasteiger partial charge in [-0.1, -0.05) is 25.9 Å². The first-order valence-corrected chi connectivity index (χ1v) is 5.16. The van der Waals surface area contributed by atoms with Crippen molar-refractivity contribution in [2.75, 3.05) is 6.54 Å². The first kappa shape index (κ1) is 11.2. The lowest BCUT2D eigenvalue weighted by Crippen LogP contribution is -2.35. The second-order valence-corrected chi connectivity index (χ2v) is 3.85. The maximum Gasteiger partial charge on any atom is 0.228 e. The van der Waals surface area contributed by atoms with Gasteiger partial charge in [0.05, 0.1) is 0 Å². The summed E-state index contributed by atoms with van der Waals surface area (Å²) in [6.45, 7) is 9.29. The maximum atomic E-state index is 5.09. The number of likely N-dealkylation sites (N-methyl/N-ethyl adjacent to an activating group) is 1. The van der Waals surface area contributed by atoms with Crippen LogP contribution in [0.1, 0.15) is 32.5 Å². The van der Waals surface area contributed by atoms with Crippen LogP contribution in [0.5, 0.6) is 0 Å².